The first-order chi connectivity index (χ1) is 15.8. The molecular formula is C22H21F3N4O4S. The van der Waals surface area contributed by atoms with Gasteiger partial charge in [0.15, 0.2) is 0 Å². The number of rotatable bonds is 7. The van der Waals surface area contributed by atoms with E-state index in [1.807, 2.05) is 0 Å². The first-order valence-electron chi connectivity index (χ1n) is 9.94. The molecule has 1 aromatic heterocycles. The monoisotopic (exact) mass is 494 g/mol. The molecule has 12 heteroatoms. The molecule has 0 saturated carbocycles. The molecule has 8 nitrogen and oxygen atoms in total. The van der Waals surface area contributed by atoms with Gasteiger partial charge in [0.2, 0.25) is 10.0 Å². The van der Waals surface area contributed by atoms with Crippen molar-refractivity contribution in [1.29, 1.82) is 0 Å². The van der Waals surface area contributed by atoms with Crippen molar-refractivity contribution < 1.29 is 31.2 Å². The maximum absolute atomic E-state index is 13.1. The van der Waals surface area contributed by atoms with Gasteiger partial charge in [0.25, 0.3) is 11.7 Å². The van der Waals surface area contributed by atoms with E-state index in [9.17, 15) is 31.2 Å². The number of hydrogen-bond donors (Lipinski definition) is 2. The van der Waals surface area contributed by atoms with Gasteiger partial charge in [-0.3, -0.25) is 9.59 Å². The van der Waals surface area contributed by atoms with Crippen LogP contribution in [-0.2, 0) is 27.5 Å². The molecule has 180 valence electrons. The van der Waals surface area contributed by atoms with Crippen LogP contribution in [0.1, 0.15) is 32.9 Å². The smallest absolute Gasteiger partial charge is 0.345 e. The molecule has 0 atom stereocenters. The number of benzene rings is 2. The minimum atomic E-state index is -4.55. The van der Waals surface area contributed by atoms with Gasteiger partial charge in [-0.2, -0.15) is 18.3 Å². The van der Waals surface area contributed by atoms with Crippen molar-refractivity contribution in [3.8, 4) is 5.69 Å². The number of hydrogen-bond acceptors (Lipinski definition) is 5. The molecule has 0 unspecified atom stereocenters. The van der Waals surface area contributed by atoms with E-state index in [1.165, 1.54) is 55.9 Å². The highest BCUT2D eigenvalue weighted by molar-refractivity contribution is 7.89. The molecule has 1 amide bonds. The second-order valence-electron chi connectivity index (χ2n) is 7.37. The quantitative estimate of drug-likeness (QED) is 0.388. The summed E-state index contributed by atoms with van der Waals surface area (Å²) >= 11 is 0. The van der Waals surface area contributed by atoms with Crippen LogP contribution in [0.15, 0.2) is 53.4 Å². The van der Waals surface area contributed by atoms with Crippen molar-refractivity contribution in [3.05, 3.63) is 76.6 Å². The maximum Gasteiger partial charge on any atom is 0.416 e. The molecule has 2 aromatic carbocycles. The lowest BCUT2D eigenvalue weighted by molar-refractivity contribution is -0.137. The van der Waals surface area contributed by atoms with Crippen molar-refractivity contribution >= 4 is 21.7 Å². The number of alkyl halides is 3. The Morgan fingerprint density at radius 1 is 1.06 bits per heavy atom. The zero-order valence-electron chi connectivity index (χ0n) is 18.4. The normalized spacial score (nSPS) is 11.9. The van der Waals surface area contributed by atoms with E-state index in [4.69, 9.17) is 0 Å². The SMILES string of the molecule is CNS(=O)(=O)c1cccc(CNC(=O)C(=O)c2c(C)nn(-c3cccc(C(F)(F)F)c3)c2C)c1. The Hall–Kier alpha value is -3.51. The number of halogens is 3. The predicted molar refractivity (Wildman–Crippen MR) is 117 cm³/mol. The van der Waals surface area contributed by atoms with Gasteiger partial charge in [-0.05, 0) is 56.8 Å². The molecule has 0 saturated heterocycles. The van der Waals surface area contributed by atoms with E-state index < -0.39 is 33.5 Å². The van der Waals surface area contributed by atoms with Crippen LogP contribution in [0.4, 0.5) is 13.2 Å². The predicted octanol–water partition coefficient (Wildman–Crippen LogP) is 2.92. The largest absolute Gasteiger partial charge is 0.416 e. The number of aromatic nitrogens is 2. The average Bonchev–Trinajstić information content (AvgIpc) is 3.10. The third kappa shape index (κ3) is 5.18. The van der Waals surface area contributed by atoms with Gasteiger partial charge in [-0.15, -0.1) is 0 Å². The van der Waals surface area contributed by atoms with E-state index >= 15 is 0 Å². The van der Waals surface area contributed by atoms with E-state index in [-0.39, 0.29) is 34.1 Å². The number of aryl methyl sites for hydroxylation is 1. The van der Waals surface area contributed by atoms with Crippen molar-refractivity contribution in [1.82, 2.24) is 19.8 Å². The second kappa shape index (κ2) is 9.39. The lowest BCUT2D eigenvalue weighted by Crippen LogP contribution is -2.31. The van der Waals surface area contributed by atoms with Gasteiger partial charge >= 0.3 is 6.18 Å². The van der Waals surface area contributed by atoms with Crippen molar-refractivity contribution in [3.63, 3.8) is 0 Å². The summed E-state index contributed by atoms with van der Waals surface area (Å²) in [6, 6.07) is 10.3. The van der Waals surface area contributed by atoms with Crippen LogP contribution < -0.4 is 10.0 Å². The zero-order valence-corrected chi connectivity index (χ0v) is 19.2. The van der Waals surface area contributed by atoms with Crippen LogP contribution in [0.2, 0.25) is 0 Å². The van der Waals surface area contributed by atoms with Crippen molar-refractivity contribution in [2.24, 2.45) is 0 Å². The molecule has 0 spiro atoms. The Morgan fingerprint density at radius 2 is 1.74 bits per heavy atom. The number of nitrogens with zero attached hydrogens (tertiary/aromatic N) is 2. The van der Waals surface area contributed by atoms with Gasteiger partial charge in [0.05, 0.1) is 33.1 Å². The molecule has 0 bridgehead atoms. The first-order valence-corrected chi connectivity index (χ1v) is 11.4. The highest BCUT2D eigenvalue weighted by atomic mass is 32.2. The number of amides is 1. The number of nitrogens with one attached hydrogen (secondary N) is 2. The van der Waals surface area contributed by atoms with Crippen molar-refractivity contribution in [2.45, 2.75) is 31.5 Å². The lowest BCUT2D eigenvalue weighted by Gasteiger charge is -2.10. The average molecular weight is 494 g/mol. The molecule has 0 aliphatic rings. The van der Waals surface area contributed by atoms with E-state index in [2.05, 4.69) is 15.1 Å². The number of sulfonamides is 1. The summed E-state index contributed by atoms with van der Waals surface area (Å²) in [5.74, 6) is -1.87. The van der Waals surface area contributed by atoms with Gasteiger partial charge in [-0.1, -0.05) is 18.2 Å². The molecule has 0 radical (unpaired) electrons. The Balaban J connectivity index is 1.82. The summed E-state index contributed by atoms with van der Waals surface area (Å²) in [7, 11) is -2.41. The fraction of sp³-hybridized carbons (Fsp3) is 0.227. The number of carbonyl (C=O) groups excluding carboxylic acids is 2. The highest BCUT2D eigenvalue weighted by Crippen LogP contribution is 2.31. The highest BCUT2D eigenvalue weighted by Gasteiger charge is 2.31. The van der Waals surface area contributed by atoms with E-state index in [1.54, 1.807) is 6.07 Å². The minimum Gasteiger partial charge on any atom is -0.345 e. The standard InChI is InChI=1S/C22H21F3N4O4S/c1-13-19(14(2)29(28-13)17-8-5-7-16(11-17)22(23,24)25)20(30)21(31)27-12-15-6-4-9-18(10-15)34(32,33)26-3/h4-11,26H,12H2,1-3H3,(H,27,31). The summed E-state index contributed by atoms with van der Waals surface area (Å²) in [5, 5.41) is 6.59. The van der Waals surface area contributed by atoms with Gasteiger partial charge < -0.3 is 5.32 Å². The summed E-state index contributed by atoms with van der Waals surface area (Å²) < 4.78 is 66.4. The van der Waals surface area contributed by atoms with Crippen LogP contribution >= 0.6 is 0 Å². The maximum atomic E-state index is 13.1. The van der Waals surface area contributed by atoms with Gasteiger partial charge in [0, 0.05) is 6.54 Å². The van der Waals surface area contributed by atoms with Crippen molar-refractivity contribution in [2.75, 3.05) is 7.05 Å². The number of Topliss-reactive ketones (excluding diaryl/α,β-unsaturated/α-hetero) is 1. The van der Waals surface area contributed by atoms with Crippen LogP contribution in [0.3, 0.4) is 0 Å². The summed E-state index contributed by atoms with van der Waals surface area (Å²) in [6.07, 6.45) is -4.55. The molecule has 1 heterocycles. The Bertz CT molecular complexity index is 1360. The molecule has 0 aliphatic carbocycles. The molecule has 0 aliphatic heterocycles. The lowest BCUT2D eigenvalue weighted by atomic mass is 10.1. The topological polar surface area (TPSA) is 110 Å². The van der Waals surface area contributed by atoms with Crippen LogP contribution in [0.25, 0.3) is 5.69 Å². The summed E-state index contributed by atoms with van der Waals surface area (Å²) in [4.78, 5) is 25.3. The van der Waals surface area contributed by atoms with E-state index in [0.717, 1.165) is 12.1 Å². The van der Waals surface area contributed by atoms with Crippen LogP contribution in [0.5, 0.6) is 0 Å². The van der Waals surface area contributed by atoms with Gasteiger partial charge in [-0.25, -0.2) is 17.8 Å². The van der Waals surface area contributed by atoms with Crippen LogP contribution in [0, 0.1) is 13.8 Å². The van der Waals surface area contributed by atoms with E-state index in [0.29, 0.717) is 5.56 Å². The van der Waals surface area contributed by atoms with Crippen LogP contribution in [-0.4, -0.2) is 36.9 Å². The fourth-order valence-corrected chi connectivity index (χ4v) is 4.15. The Kier molecular flexibility index (Phi) is 6.94. The zero-order chi connectivity index (χ0) is 25.3. The Labute approximate surface area is 193 Å². The molecule has 3 rings (SSSR count). The molecule has 3 aromatic rings. The molecule has 0 fully saturated rings. The molecular weight excluding hydrogens is 473 g/mol. The summed E-state index contributed by atoms with van der Waals surface area (Å²) in [6.45, 7) is 2.84. The van der Waals surface area contributed by atoms with Gasteiger partial charge in [0.1, 0.15) is 0 Å². The summed E-state index contributed by atoms with van der Waals surface area (Å²) in [5.41, 5.74) is 0.0337. The third-order valence-electron chi connectivity index (χ3n) is 5.07. The third-order valence-corrected chi connectivity index (χ3v) is 6.49. The minimum absolute atomic E-state index is 0.00197. The molecule has 34 heavy (non-hydrogen) atoms. The second-order valence-corrected chi connectivity index (χ2v) is 9.26. The number of ketones is 1. The first kappa shape index (κ1) is 25.1. The molecule has 2 N–H and O–H groups in total. The fourth-order valence-electron chi connectivity index (χ4n) is 3.35. The Morgan fingerprint density at radius 3 is 2.38 bits per heavy atom. The number of carbonyl (C=O) groups is 2.